The number of alkyl halides is 3. The van der Waals surface area contributed by atoms with Crippen LogP contribution in [0.25, 0.3) is 0 Å². The van der Waals surface area contributed by atoms with Crippen molar-refractivity contribution in [2.75, 3.05) is 31.6 Å². The fraction of sp³-hybridized carbons (Fsp3) is 0.389. The number of hydrogen-bond acceptors (Lipinski definition) is 5. The van der Waals surface area contributed by atoms with E-state index in [2.05, 4.69) is 5.32 Å². The number of nitrogens with zero attached hydrogens (tertiary/aromatic N) is 1. The van der Waals surface area contributed by atoms with Crippen molar-refractivity contribution in [2.45, 2.75) is 24.9 Å². The Bertz CT molecular complexity index is 1020. The molecule has 0 atom stereocenters. The second-order valence-corrected chi connectivity index (χ2v) is 8.31. The molecule has 1 aromatic carbocycles. The maximum Gasteiger partial charge on any atom is 0.418 e. The minimum absolute atomic E-state index is 0.00340. The number of rotatable bonds is 4. The highest BCUT2D eigenvalue weighted by atomic mass is 32.2. The fourth-order valence-electron chi connectivity index (χ4n) is 3.18. The van der Waals surface area contributed by atoms with Gasteiger partial charge in [-0.15, -0.1) is 0 Å². The number of halogens is 3. The first-order valence-electron chi connectivity index (χ1n) is 8.69. The average molecular weight is 432 g/mol. The number of ether oxygens (including phenoxy) is 1. The van der Waals surface area contributed by atoms with Crippen LogP contribution < -0.4 is 5.32 Å². The summed E-state index contributed by atoms with van der Waals surface area (Å²) in [5.74, 6) is -1.01. The Labute approximate surface area is 165 Å². The quantitative estimate of drug-likeness (QED) is 0.802. The molecule has 1 aliphatic heterocycles. The molecule has 1 aliphatic rings. The summed E-state index contributed by atoms with van der Waals surface area (Å²) in [6.07, 6.45) is -4.69. The maximum atomic E-state index is 13.2. The van der Waals surface area contributed by atoms with Gasteiger partial charge < -0.3 is 14.5 Å². The maximum absolute atomic E-state index is 13.2. The van der Waals surface area contributed by atoms with Gasteiger partial charge in [0.05, 0.1) is 24.5 Å². The van der Waals surface area contributed by atoms with Crippen molar-refractivity contribution in [1.82, 2.24) is 4.31 Å². The number of morpholine rings is 1. The van der Waals surface area contributed by atoms with Crippen LogP contribution >= 0.6 is 0 Å². The molecule has 2 aromatic rings. The van der Waals surface area contributed by atoms with Gasteiger partial charge in [-0.3, -0.25) is 4.79 Å². The van der Waals surface area contributed by atoms with E-state index in [4.69, 9.17) is 9.15 Å². The Morgan fingerprint density at radius 3 is 2.34 bits per heavy atom. The molecule has 0 unspecified atom stereocenters. The molecule has 0 radical (unpaired) electrons. The summed E-state index contributed by atoms with van der Waals surface area (Å²) < 4.78 is 77.5. The fourth-order valence-corrected chi connectivity index (χ4v) is 4.96. The monoisotopic (exact) mass is 432 g/mol. The van der Waals surface area contributed by atoms with E-state index in [9.17, 15) is 26.4 Å². The Kier molecular flexibility index (Phi) is 5.74. The Morgan fingerprint density at radius 1 is 1.10 bits per heavy atom. The largest absolute Gasteiger partial charge is 0.464 e. The number of furan rings is 1. The molecule has 1 saturated heterocycles. The lowest BCUT2D eigenvalue weighted by Gasteiger charge is -2.26. The van der Waals surface area contributed by atoms with Crippen LogP contribution in [0.5, 0.6) is 0 Å². The molecule has 1 fully saturated rings. The van der Waals surface area contributed by atoms with E-state index in [0.717, 1.165) is 16.4 Å². The molecule has 0 spiro atoms. The van der Waals surface area contributed by atoms with Crippen LogP contribution in [-0.2, 0) is 20.9 Å². The summed E-state index contributed by atoms with van der Waals surface area (Å²) in [4.78, 5) is 12.5. The van der Waals surface area contributed by atoms with Crippen LogP contribution in [0.15, 0.2) is 33.6 Å². The van der Waals surface area contributed by atoms with Gasteiger partial charge in [0.25, 0.3) is 5.91 Å². The number of nitrogens with one attached hydrogen (secondary N) is 1. The SMILES string of the molecule is Cc1oc(C)c(S(=O)(=O)N2CCOCC2)c1C(=O)Nc1ccccc1C(F)(F)F. The Hall–Kier alpha value is -2.37. The van der Waals surface area contributed by atoms with Crippen molar-refractivity contribution in [3.8, 4) is 0 Å². The third-order valence-corrected chi connectivity index (χ3v) is 6.53. The van der Waals surface area contributed by atoms with Crippen molar-refractivity contribution in [2.24, 2.45) is 0 Å². The summed E-state index contributed by atoms with van der Waals surface area (Å²) in [5.41, 5.74) is -1.83. The molecule has 0 bridgehead atoms. The first kappa shape index (κ1) is 21.3. The van der Waals surface area contributed by atoms with E-state index in [0.29, 0.717) is 0 Å². The highest BCUT2D eigenvalue weighted by Gasteiger charge is 2.37. The van der Waals surface area contributed by atoms with Gasteiger partial charge in [0.1, 0.15) is 22.0 Å². The molecular weight excluding hydrogens is 413 g/mol. The molecule has 3 rings (SSSR count). The van der Waals surface area contributed by atoms with Crippen LogP contribution in [-0.4, -0.2) is 44.9 Å². The molecule has 1 amide bonds. The summed E-state index contributed by atoms with van der Waals surface area (Å²) in [5, 5.41) is 2.18. The van der Waals surface area contributed by atoms with Crippen molar-refractivity contribution >= 4 is 21.6 Å². The van der Waals surface area contributed by atoms with Gasteiger partial charge in [-0.25, -0.2) is 8.42 Å². The molecular formula is C18H19F3N2O5S. The van der Waals surface area contributed by atoms with Crippen molar-refractivity contribution in [1.29, 1.82) is 0 Å². The number of para-hydroxylation sites is 1. The van der Waals surface area contributed by atoms with Crippen molar-refractivity contribution < 1.29 is 35.5 Å². The molecule has 7 nitrogen and oxygen atoms in total. The van der Waals surface area contributed by atoms with Crippen LogP contribution in [0.3, 0.4) is 0 Å². The number of aryl methyl sites for hydroxylation is 2. The van der Waals surface area contributed by atoms with Crippen LogP contribution in [0, 0.1) is 13.8 Å². The van der Waals surface area contributed by atoms with E-state index >= 15 is 0 Å². The predicted molar refractivity (Wildman–Crippen MR) is 97.2 cm³/mol. The van der Waals surface area contributed by atoms with E-state index in [1.165, 1.54) is 26.0 Å². The van der Waals surface area contributed by atoms with E-state index in [1.807, 2.05) is 0 Å². The van der Waals surface area contributed by atoms with Gasteiger partial charge in [0.2, 0.25) is 10.0 Å². The smallest absolute Gasteiger partial charge is 0.418 e. The number of carbonyl (C=O) groups is 1. The molecule has 1 aromatic heterocycles. The number of hydrogen-bond donors (Lipinski definition) is 1. The topological polar surface area (TPSA) is 88.8 Å². The second-order valence-electron chi connectivity index (χ2n) is 6.43. The number of anilines is 1. The molecule has 1 N–H and O–H groups in total. The second kappa shape index (κ2) is 7.81. The Balaban J connectivity index is 2.02. The average Bonchev–Trinajstić information content (AvgIpc) is 2.96. The number of amides is 1. The van der Waals surface area contributed by atoms with Gasteiger partial charge >= 0.3 is 6.18 Å². The third-order valence-electron chi connectivity index (χ3n) is 4.48. The number of carbonyl (C=O) groups excluding carboxylic acids is 1. The van der Waals surface area contributed by atoms with Crippen LogP contribution in [0.2, 0.25) is 0 Å². The van der Waals surface area contributed by atoms with Crippen molar-refractivity contribution in [3.63, 3.8) is 0 Å². The number of benzene rings is 1. The van der Waals surface area contributed by atoms with E-state index in [-0.39, 0.29) is 48.3 Å². The molecule has 158 valence electrons. The lowest BCUT2D eigenvalue weighted by Crippen LogP contribution is -2.41. The van der Waals surface area contributed by atoms with Crippen molar-refractivity contribution in [3.05, 3.63) is 46.9 Å². The van der Waals surface area contributed by atoms with Crippen LogP contribution in [0.4, 0.5) is 18.9 Å². The van der Waals surface area contributed by atoms with Gasteiger partial charge in [0.15, 0.2) is 0 Å². The zero-order valence-electron chi connectivity index (χ0n) is 15.7. The zero-order chi connectivity index (χ0) is 21.4. The minimum atomic E-state index is -4.69. The van der Waals surface area contributed by atoms with Gasteiger partial charge in [-0.2, -0.15) is 17.5 Å². The zero-order valence-corrected chi connectivity index (χ0v) is 16.5. The molecule has 0 saturated carbocycles. The van der Waals surface area contributed by atoms with Gasteiger partial charge in [0, 0.05) is 13.1 Å². The van der Waals surface area contributed by atoms with Gasteiger partial charge in [-0.1, -0.05) is 12.1 Å². The summed E-state index contributed by atoms with van der Waals surface area (Å²) in [6.45, 7) is 3.38. The third kappa shape index (κ3) is 4.16. The highest BCUT2D eigenvalue weighted by molar-refractivity contribution is 7.89. The van der Waals surface area contributed by atoms with E-state index in [1.54, 1.807) is 0 Å². The standard InChI is InChI=1S/C18H19F3N2O5S/c1-11-15(17(24)22-14-6-4-3-5-13(14)18(19,20)21)16(12(2)28-11)29(25,26)23-7-9-27-10-8-23/h3-6H,7-10H2,1-2H3,(H,22,24). The van der Waals surface area contributed by atoms with Gasteiger partial charge in [-0.05, 0) is 26.0 Å². The summed E-state index contributed by atoms with van der Waals surface area (Å²) >= 11 is 0. The molecule has 11 heteroatoms. The molecule has 29 heavy (non-hydrogen) atoms. The first-order valence-corrected chi connectivity index (χ1v) is 10.1. The summed E-state index contributed by atoms with van der Waals surface area (Å²) in [7, 11) is -4.10. The Morgan fingerprint density at radius 2 is 1.72 bits per heavy atom. The lowest BCUT2D eigenvalue weighted by atomic mass is 10.1. The highest BCUT2D eigenvalue weighted by Crippen LogP contribution is 2.36. The number of sulfonamides is 1. The first-order chi connectivity index (χ1) is 13.5. The van der Waals surface area contributed by atoms with Crippen LogP contribution in [0.1, 0.15) is 27.4 Å². The predicted octanol–water partition coefficient (Wildman–Crippen LogP) is 3.19. The molecule has 0 aliphatic carbocycles. The normalized spacial score (nSPS) is 16.0. The van der Waals surface area contributed by atoms with E-state index < -0.39 is 33.4 Å². The lowest BCUT2D eigenvalue weighted by molar-refractivity contribution is -0.136. The minimum Gasteiger partial charge on any atom is -0.464 e. The summed E-state index contributed by atoms with van der Waals surface area (Å²) in [6, 6.07) is 4.46. The molecule has 2 heterocycles.